The minimum absolute atomic E-state index is 0.381. The molecule has 0 unspecified atom stereocenters. The van der Waals surface area contributed by atoms with Gasteiger partial charge in [-0.15, -0.1) is 0 Å². The van der Waals surface area contributed by atoms with Crippen LogP contribution in [0.25, 0.3) is 0 Å². The average molecular weight is 310 g/mol. The minimum atomic E-state index is -0.381. The zero-order valence-electron chi connectivity index (χ0n) is 7.43. The normalized spacial score (nSPS) is 13.4. The van der Waals surface area contributed by atoms with Crippen LogP contribution in [0.2, 0.25) is 0 Å². The molecule has 0 rings (SSSR count). The van der Waals surface area contributed by atoms with E-state index in [4.69, 9.17) is 0 Å². The van der Waals surface area contributed by atoms with E-state index in [1.165, 1.54) is 7.11 Å². The van der Waals surface area contributed by atoms with Gasteiger partial charge in [-0.2, -0.15) is 0 Å². The Balaban J connectivity index is 4.98. The maximum Gasteiger partial charge on any atom is 0.338 e. The number of ether oxygens (including phenoxy) is 1. The van der Waals surface area contributed by atoms with Crippen LogP contribution in [0.15, 0.2) is 33.3 Å². The van der Waals surface area contributed by atoms with Crippen molar-refractivity contribution in [1.29, 1.82) is 0 Å². The van der Waals surface area contributed by atoms with Crippen LogP contribution in [-0.4, -0.2) is 13.1 Å². The van der Waals surface area contributed by atoms with Crippen molar-refractivity contribution in [3.8, 4) is 0 Å². The topological polar surface area (TPSA) is 26.3 Å². The van der Waals surface area contributed by atoms with E-state index in [0.717, 1.165) is 8.96 Å². The van der Waals surface area contributed by atoms with E-state index in [0.29, 0.717) is 5.57 Å². The third-order valence-electron chi connectivity index (χ3n) is 1.25. The number of esters is 1. The summed E-state index contributed by atoms with van der Waals surface area (Å²) in [6, 6.07) is 0. The Kier molecular flexibility index (Phi) is 5.99. The van der Waals surface area contributed by atoms with E-state index in [2.05, 4.69) is 43.2 Å². The number of halogens is 2. The molecule has 0 saturated carbocycles. The molecule has 0 aliphatic rings. The Morgan fingerprint density at radius 1 is 1.46 bits per heavy atom. The van der Waals surface area contributed by atoms with Crippen LogP contribution in [0.5, 0.6) is 0 Å². The van der Waals surface area contributed by atoms with Crippen LogP contribution in [0.1, 0.15) is 6.92 Å². The summed E-state index contributed by atoms with van der Waals surface area (Å²) < 4.78 is 6.04. The van der Waals surface area contributed by atoms with Crippen molar-refractivity contribution in [1.82, 2.24) is 0 Å². The standard InChI is InChI=1S/C9H10Br2O2/c1-4-7(11)5-8(6(2)10)9(12)13-3/h4-5H,1H2,2-3H3/b7-5+,8-6-. The maximum absolute atomic E-state index is 11.2. The summed E-state index contributed by atoms with van der Waals surface area (Å²) >= 11 is 6.44. The third-order valence-corrected chi connectivity index (χ3v) is 2.23. The number of rotatable bonds is 3. The van der Waals surface area contributed by atoms with E-state index in [9.17, 15) is 4.79 Å². The van der Waals surface area contributed by atoms with Gasteiger partial charge in [-0.05, 0) is 13.0 Å². The van der Waals surface area contributed by atoms with Crippen LogP contribution in [0, 0.1) is 0 Å². The largest absolute Gasteiger partial charge is 0.465 e. The molecule has 0 aromatic carbocycles. The van der Waals surface area contributed by atoms with Crippen molar-refractivity contribution in [3.05, 3.63) is 33.3 Å². The minimum Gasteiger partial charge on any atom is -0.465 e. The molecule has 13 heavy (non-hydrogen) atoms. The average Bonchev–Trinajstić information content (AvgIpc) is 2.11. The van der Waals surface area contributed by atoms with Crippen molar-refractivity contribution in [2.75, 3.05) is 7.11 Å². The molecule has 0 fully saturated rings. The third kappa shape index (κ3) is 4.43. The summed E-state index contributed by atoms with van der Waals surface area (Å²) in [6.45, 7) is 5.32. The van der Waals surface area contributed by atoms with Crippen molar-refractivity contribution in [2.45, 2.75) is 6.92 Å². The van der Waals surface area contributed by atoms with Gasteiger partial charge in [0.15, 0.2) is 0 Å². The first-order valence-corrected chi connectivity index (χ1v) is 5.05. The predicted octanol–water partition coefficient (Wildman–Crippen LogP) is 3.29. The molecule has 2 nitrogen and oxygen atoms in total. The lowest BCUT2D eigenvalue weighted by atomic mass is 10.2. The highest BCUT2D eigenvalue weighted by Gasteiger charge is 2.09. The molecular weight excluding hydrogens is 300 g/mol. The van der Waals surface area contributed by atoms with Gasteiger partial charge < -0.3 is 4.74 Å². The van der Waals surface area contributed by atoms with E-state index < -0.39 is 0 Å². The fraction of sp³-hybridized carbons (Fsp3) is 0.222. The molecule has 0 aliphatic heterocycles. The van der Waals surface area contributed by atoms with Crippen molar-refractivity contribution < 1.29 is 9.53 Å². The highest BCUT2D eigenvalue weighted by Crippen LogP contribution is 2.18. The van der Waals surface area contributed by atoms with Crippen LogP contribution in [0.4, 0.5) is 0 Å². The fourth-order valence-electron chi connectivity index (χ4n) is 0.606. The number of hydrogen-bond acceptors (Lipinski definition) is 2. The van der Waals surface area contributed by atoms with Gasteiger partial charge in [-0.1, -0.05) is 44.5 Å². The first kappa shape index (κ1) is 12.7. The number of carbonyl (C=O) groups excluding carboxylic acids is 1. The van der Waals surface area contributed by atoms with Gasteiger partial charge in [0.05, 0.1) is 12.7 Å². The molecule has 0 aromatic heterocycles. The Hall–Kier alpha value is -0.350. The van der Waals surface area contributed by atoms with Crippen molar-refractivity contribution in [3.63, 3.8) is 0 Å². The highest BCUT2D eigenvalue weighted by atomic mass is 79.9. The maximum atomic E-state index is 11.2. The van der Waals surface area contributed by atoms with Gasteiger partial charge in [0, 0.05) is 8.96 Å². The molecule has 0 radical (unpaired) electrons. The number of carbonyl (C=O) groups is 1. The molecule has 4 heteroatoms. The summed E-state index contributed by atoms with van der Waals surface area (Å²) in [4.78, 5) is 11.2. The lowest BCUT2D eigenvalue weighted by Crippen LogP contribution is -2.03. The predicted molar refractivity (Wildman–Crippen MR) is 60.9 cm³/mol. The second-order valence-corrected chi connectivity index (χ2v) is 4.28. The van der Waals surface area contributed by atoms with Crippen molar-refractivity contribution >= 4 is 37.8 Å². The van der Waals surface area contributed by atoms with E-state index in [-0.39, 0.29) is 5.97 Å². The van der Waals surface area contributed by atoms with Gasteiger partial charge in [-0.25, -0.2) is 4.79 Å². The smallest absolute Gasteiger partial charge is 0.338 e. The molecule has 0 N–H and O–H groups in total. The lowest BCUT2D eigenvalue weighted by Gasteiger charge is -2.01. The molecule has 72 valence electrons. The Morgan fingerprint density at radius 2 is 2.00 bits per heavy atom. The molecule has 0 spiro atoms. The zero-order valence-corrected chi connectivity index (χ0v) is 10.6. The van der Waals surface area contributed by atoms with E-state index >= 15 is 0 Å². The molecule has 0 bridgehead atoms. The second-order valence-electron chi connectivity index (χ2n) is 2.17. The Bertz CT molecular complexity index is 273. The first-order chi connectivity index (χ1) is 6.02. The highest BCUT2D eigenvalue weighted by molar-refractivity contribution is 9.12. The quantitative estimate of drug-likeness (QED) is 0.454. The first-order valence-electron chi connectivity index (χ1n) is 3.47. The summed E-state index contributed by atoms with van der Waals surface area (Å²) in [5.74, 6) is -0.381. The molecule has 0 aromatic rings. The van der Waals surface area contributed by atoms with Crippen LogP contribution < -0.4 is 0 Å². The fourth-order valence-corrected chi connectivity index (χ4v) is 1.11. The number of methoxy groups -OCH3 is 1. The van der Waals surface area contributed by atoms with Crippen LogP contribution in [-0.2, 0) is 9.53 Å². The van der Waals surface area contributed by atoms with Crippen molar-refractivity contribution in [2.24, 2.45) is 0 Å². The van der Waals surface area contributed by atoms with E-state index in [1.807, 2.05) is 0 Å². The summed E-state index contributed by atoms with van der Waals surface area (Å²) in [5.41, 5.74) is 0.467. The molecular formula is C9H10Br2O2. The van der Waals surface area contributed by atoms with Gasteiger partial charge >= 0.3 is 5.97 Å². The summed E-state index contributed by atoms with van der Waals surface area (Å²) in [5, 5.41) is 0. The monoisotopic (exact) mass is 308 g/mol. The summed E-state index contributed by atoms with van der Waals surface area (Å²) in [6.07, 6.45) is 3.24. The summed E-state index contributed by atoms with van der Waals surface area (Å²) in [7, 11) is 1.34. The zero-order chi connectivity index (χ0) is 10.4. The van der Waals surface area contributed by atoms with E-state index in [1.54, 1.807) is 19.1 Å². The van der Waals surface area contributed by atoms with Gasteiger partial charge in [0.2, 0.25) is 0 Å². The second kappa shape index (κ2) is 6.16. The molecule has 0 aliphatic carbocycles. The molecule has 0 amide bonds. The van der Waals surface area contributed by atoms with Gasteiger partial charge in [0.25, 0.3) is 0 Å². The SMILES string of the molecule is C=C/C(Br)=C\C(C(=O)OC)=C(/C)Br. The van der Waals surface area contributed by atoms with Crippen LogP contribution in [0.3, 0.4) is 0 Å². The number of hydrogen-bond donors (Lipinski definition) is 0. The molecule has 0 atom stereocenters. The Morgan fingerprint density at radius 3 is 2.31 bits per heavy atom. The lowest BCUT2D eigenvalue weighted by molar-refractivity contribution is -0.135. The number of allylic oxidation sites excluding steroid dienone is 3. The van der Waals surface area contributed by atoms with Crippen LogP contribution >= 0.6 is 31.9 Å². The molecule has 0 saturated heterocycles. The van der Waals surface area contributed by atoms with Gasteiger partial charge in [-0.3, -0.25) is 0 Å². The van der Waals surface area contributed by atoms with Gasteiger partial charge in [0.1, 0.15) is 0 Å². The molecule has 0 heterocycles. The Labute approximate surface area is 94.6 Å².